The maximum atomic E-state index is 13.6. The first kappa shape index (κ1) is 22.8. The molecular formula is C24H23F4N5S. The van der Waals surface area contributed by atoms with Crippen molar-refractivity contribution < 1.29 is 17.6 Å². The van der Waals surface area contributed by atoms with Crippen LogP contribution in [0.2, 0.25) is 0 Å². The molecule has 2 aliphatic heterocycles. The average molecular weight is 490 g/mol. The van der Waals surface area contributed by atoms with Crippen LogP contribution in [0.3, 0.4) is 0 Å². The van der Waals surface area contributed by atoms with Crippen LogP contribution in [0.5, 0.6) is 0 Å². The Bertz CT molecular complexity index is 1320. The highest BCUT2D eigenvalue weighted by Crippen LogP contribution is 2.40. The van der Waals surface area contributed by atoms with E-state index < -0.39 is 11.2 Å². The number of aromatic nitrogens is 2. The molecule has 4 heterocycles. The number of thiazole rings is 1. The Hall–Kier alpha value is -2.98. The fourth-order valence-electron chi connectivity index (χ4n) is 4.47. The van der Waals surface area contributed by atoms with E-state index in [2.05, 4.69) is 25.1 Å². The van der Waals surface area contributed by atoms with Crippen molar-refractivity contribution in [2.24, 2.45) is 0 Å². The predicted molar refractivity (Wildman–Crippen MR) is 124 cm³/mol. The van der Waals surface area contributed by atoms with Crippen molar-refractivity contribution in [3.8, 4) is 0 Å². The van der Waals surface area contributed by atoms with Gasteiger partial charge in [-0.2, -0.15) is 13.2 Å². The highest BCUT2D eigenvalue weighted by atomic mass is 32.1. The number of pyridine rings is 1. The molecule has 1 aromatic carbocycles. The number of benzene rings is 1. The van der Waals surface area contributed by atoms with Crippen LogP contribution >= 0.6 is 11.3 Å². The summed E-state index contributed by atoms with van der Waals surface area (Å²) in [7, 11) is 2.04. The molecule has 1 unspecified atom stereocenters. The second-order valence-electron chi connectivity index (χ2n) is 8.52. The van der Waals surface area contributed by atoms with Gasteiger partial charge in [-0.3, -0.25) is 9.88 Å². The van der Waals surface area contributed by atoms with Crippen LogP contribution in [0.4, 0.5) is 22.6 Å². The number of halogens is 4. The Morgan fingerprint density at radius 1 is 1.18 bits per heavy atom. The lowest BCUT2D eigenvalue weighted by atomic mass is 10.0. The molecule has 3 aromatic rings. The molecule has 5 nitrogen and oxygen atoms in total. The van der Waals surface area contributed by atoms with E-state index in [0.717, 1.165) is 23.7 Å². The monoisotopic (exact) mass is 489 g/mol. The summed E-state index contributed by atoms with van der Waals surface area (Å²) in [6.45, 7) is 1.98. The zero-order chi connectivity index (χ0) is 23.9. The van der Waals surface area contributed by atoms with Crippen molar-refractivity contribution >= 4 is 28.2 Å². The largest absolute Gasteiger partial charge is 0.443 e. The van der Waals surface area contributed by atoms with Crippen LogP contribution in [0.15, 0.2) is 42.6 Å². The van der Waals surface area contributed by atoms with E-state index in [9.17, 15) is 17.6 Å². The zero-order valence-corrected chi connectivity index (χ0v) is 19.3. The number of aryl methyl sites for hydroxylation is 1. The molecule has 10 heteroatoms. The second-order valence-corrected chi connectivity index (χ2v) is 9.52. The number of likely N-dealkylation sites (N-methyl/N-ethyl adjacent to an activating group) is 1. The fraction of sp³-hybridized carbons (Fsp3) is 0.333. The van der Waals surface area contributed by atoms with Gasteiger partial charge in [0, 0.05) is 43.3 Å². The summed E-state index contributed by atoms with van der Waals surface area (Å²) in [5, 5.41) is 3.90. The summed E-state index contributed by atoms with van der Waals surface area (Å²) in [6.07, 6.45) is 0.309. The third-order valence-electron chi connectivity index (χ3n) is 6.26. The molecule has 1 saturated heterocycles. The van der Waals surface area contributed by atoms with Crippen LogP contribution in [0.1, 0.15) is 22.7 Å². The maximum Gasteiger partial charge on any atom is 0.443 e. The first-order valence-electron chi connectivity index (χ1n) is 11.0. The number of hydrogen-bond donors (Lipinski definition) is 1. The normalized spacial score (nSPS) is 18.6. The van der Waals surface area contributed by atoms with Gasteiger partial charge in [0.15, 0.2) is 0 Å². The molecule has 0 saturated carbocycles. The Kier molecular flexibility index (Phi) is 6.03. The number of rotatable bonds is 4. The second kappa shape index (κ2) is 8.99. The molecule has 1 N–H and O–H groups in total. The minimum Gasteiger partial charge on any atom is -0.365 e. The molecule has 2 aromatic heterocycles. The Morgan fingerprint density at radius 2 is 2.03 bits per heavy atom. The summed E-state index contributed by atoms with van der Waals surface area (Å²) in [4.78, 5) is 12.9. The van der Waals surface area contributed by atoms with E-state index >= 15 is 0 Å². The van der Waals surface area contributed by atoms with Gasteiger partial charge in [-0.1, -0.05) is 23.5 Å². The minimum absolute atomic E-state index is 0.140. The standard InChI is InChI=1S/C24H23F4N5S/c1-32-10-11-33(14-18(32)8-7-15-4-2-6-17(25)12-15)21-19-16(5-3-9-29-19)13-30-22-20(21)31-23(34-22)24(26,27)28/h2-6,9,12-13,18,30H,7-8,10-11,14H2,1H3. The molecule has 1 fully saturated rings. The Morgan fingerprint density at radius 3 is 2.82 bits per heavy atom. The third-order valence-corrected chi connectivity index (χ3v) is 7.30. The van der Waals surface area contributed by atoms with Crippen molar-refractivity contribution in [3.05, 3.63) is 75.2 Å². The van der Waals surface area contributed by atoms with Gasteiger partial charge in [-0.15, -0.1) is 0 Å². The van der Waals surface area contributed by atoms with Gasteiger partial charge in [0.2, 0.25) is 5.01 Å². The van der Waals surface area contributed by atoms with Gasteiger partial charge in [0.05, 0.1) is 11.0 Å². The van der Waals surface area contributed by atoms with E-state index in [1.165, 1.54) is 6.07 Å². The summed E-state index contributed by atoms with van der Waals surface area (Å²) >= 11 is 0.604. The predicted octanol–water partition coefficient (Wildman–Crippen LogP) is 3.26. The third kappa shape index (κ3) is 4.52. The molecule has 178 valence electrons. The van der Waals surface area contributed by atoms with Gasteiger partial charge >= 0.3 is 6.18 Å². The Balaban J connectivity index is 1.51. The first-order chi connectivity index (χ1) is 16.3. The number of anilines is 1. The summed E-state index contributed by atoms with van der Waals surface area (Å²) in [5.74, 6) is -0.256. The molecule has 0 amide bonds. The molecule has 34 heavy (non-hydrogen) atoms. The van der Waals surface area contributed by atoms with E-state index in [1.54, 1.807) is 30.6 Å². The number of nitrogens with one attached hydrogen (secondary N) is 1. The van der Waals surface area contributed by atoms with Crippen molar-refractivity contribution in [3.63, 3.8) is 0 Å². The number of hydrogen-bond acceptors (Lipinski definition) is 6. The Labute approximate surface area is 198 Å². The number of alkyl halides is 3. The van der Waals surface area contributed by atoms with E-state index in [-0.39, 0.29) is 17.6 Å². The topological polar surface area (TPSA) is 44.3 Å². The number of piperazine rings is 1. The van der Waals surface area contributed by atoms with Crippen LogP contribution in [0.25, 0.3) is 11.9 Å². The van der Waals surface area contributed by atoms with Gasteiger partial charge in [0.1, 0.15) is 16.5 Å². The average Bonchev–Trinajstić information content (AvgIpc) is 3.17. The summed E-state index contributed by atoms with van der Waals surface area (Å²) < 4.78 is 54.0. The lowest BCUT2D eigenvalue weighted by Gasteiger charge is -2.41. The van der Waals surface area contributed by atoms with Crippen LogP contribution in [-0.4, -0.2) is 52.5 Å². The van der Waals surface area contributed by atoms with Crippen molar-refractivity contribution in [2.45, 2.75) is 25.1 Å². The van der Waals surface area contributed by atoms with E-state index in [4.69, 9.17) is 0 Å². The first-order valence-corrected chi connectivity index (χ1v) is 11.8. The maximum absolute atomic E-state index is 13.6. The van der Waals surface area contributed by atoms with Crippen molar-refractivity contribution in [1.29, 1.82) is 0 Å². The van der Waals surface area contributed by atoms with Crippen LogP contribution in [0, 0.1) is 5.82 Å². The molecule has 0 radical (unpaired) electrons. The molecule has 1 atom stereocenters. The molecule has 5 rings (SSSR count). The molecule has 0 bridgehead atoms. The smallest absolute Gasteiger partial charge is 0.365 e. The van der Waals surface area contributed by atoms with Crippen molar-refractivity contribution in [2.75, 3.05) is 32.0 Å². The van der Waals surface area contributed by atoms with Crippen LogP contribution in [-0.2, 0) is 12.6 Å². The lowest BCUT2D eigenvalue weighted by molar-refractivity contribution is -0.137. The van der Waals surface area contributed by atoms with Gasteiger partial charge in [-0.25, -0.2) is 9.37 Å². The molecular weight excluding hydrogens is 466 g/mol. The van der Waals surface area contributed by atoms with Gasteiger partial charge in [-0.05, 0) is 49.7 Å². The highest BCUT2D eigenvalue weighted by Gasteiger charge is 2.38. The SMILES string of the molecule is CN1CCN(C2=c3ncccc3=CNc3sc(C(F)(F)F)nc32)CC1CCc1cccc(F)c1. The van der Waals surface area contributed by atoms with Crippen molar-refractivity contribution in [1.82, 2.24) is 19.8 Å². The lowest BCUT2D eigenvalue weighted by Crippen LogP contribution is -2.52. The molecule has 2 aliphatic rings. The number of fused-ring (bicyclic) bond motifs is 2. The number of nitrogens with zero attached hydrogens (tertiary/aromatic N) is 4. The molecule has 0 aliphatic carbocycles. The van der Waals surface area contributed by atoms with Gasteiger partial charge in [0.25, 0.3) is 0 Å². The summed E-state index contributed by atoms with van der Waals surface area (Å²) in [6, 6.07) is 10.4. The quantitative estimate of drug-likeness (QED) is 0.570. The zero-order valence-electron chi connectivity index (χ0n) is 18.4. The minimum atomic E-state index is -4.52. The summed E-state index contributed by atoms with van der Waals surface area (Å²) in [5.41, 5.74) is 1.82. The van der Waals surface area contributed by atoms with E-state index in [0.29, 0.717) is 46.9 Å². The van der Waals surface area contributed by atoms with Crippen LogP contribution < -0.4 is 15.9 Å². The van der Waals surface area contributed by atoms with Gasteiger partial charge < -0.3 is 10.2 Å². The fourth-order valence-corrected chi connectivity index (χ4v) is 5.28. The highest BCUT2D eigenvalue weighted by molar-refractivity contribution is 7.16. The van der Waals surface area contributed by atoms with E-state index in [1.807, 2.05) is 19.2 Å². The molecule has 0 spiro atoms.